The smallest absolute Gasteiger partial charge is 0.258 e. The Labute approximate surface area is 113 Å². The highest BCUT2D eigenvalue weighted by atomic mass is 79.9. The van der Waals surface area contributed by atoms with E-state index >= 15 is 0 Å². The summed E-state index contributed by atoms with van der Waals surface area (Å²) in [6.45, 7) is 1.70. The highest BCUT2D eigenvalue weighted by Gasteiger charge is 2.21. The van der Waals surface area contributed by atoms with Crippen molar-refractivity contribution in [3.8, 4) is 5.75 Å². The maximum Gasteiger partial charge on any atom is 0.258 e. The summed E-state index contributed by atoms with van der Waals surface area (Å²) in [6, 6.07) is 4.30. The summed E-state index contributed by atoms with van der Waals surface area (Å²) < 4.78 is 28.6. The van der Waals surface area contributed by atoms with Gasteiger partial charge in [0.15, 0.2) is 6.10 Å². The van der Waals surface area contributed by atoms with Crippen LogP contribution in [0.25, 0.3) is 0 Å². The number of halogens is 1. The van der Waals surface area contributed by atoms with Crippen molar-refractivity contribution < 1.29 is 17.9 Å². The second-order valence-corrected chi connectivity index (χ2v) is 6.00. The summed E-state index contributed by atoms with van der Waals surface area (Å²) in [5, 5.41) is 5.07. The van der Waals surface area contributed by atoms with Gasteiger partial charge in [0, 0.05) is 4.47 Å². The van der Waals surface area contributed by atoms with E-state index < -0.39 is 22.0 Å². The molecule has 1 aromatic carbocycles. The fourth-order valence-corrected chi connectivity index (χ4v) is 2.50. The van der Waals surface area contributed by atoms with Gasteiger partial charge >= 0.3 is 0 Å². The van der Waals surface area contributed by atoms with Gasteiger partial charge in [0.25, 0.3) is 5.91 Å². The number of ether oxygens (including phenoxy) is 1. The fraction of sp³-hybridized carbons (Fsp3) is 0.300. The summed E-state index contributed by atoms with van der Waals surface area (Å²) in [5.41, 5.74) is 5.13. The third-order valence-electron chi connectivity index (χ3n) is 2.17. The number of nitrogens with two attached hydrogens (primary N) is 2. The van der Waals surface area contributed by atoms with E-state index in [9.17, 15) is 13.2 Å². The van der Waals surface area contributed by atoms with Gasteiger partial charge in [-0.3, -0.25) is 4.79 Å². The Balaban J connectivity index is 3.21. The van der Waals surface area contributed by atoms with Crippen LogP contribution < -0.4 is 15.6 Å². The zero-order chi connectivity index (χ0) is 13.9. The first-order valence-electron chi connectivity index (χ1n) is 5.04. The van der Waals surface area contributed by atoms with E-state index in [-0.39, 0.29) is 10.6 Å². The van der Waals surface area contributed by atoms with E-state index in [1.54, 1.807) is 13.0 Å². The molecule has 1 amide bonds. The molecule has 0 saturated heterocycles. The Bertz CT molecular complexity index is 559. The third kappa shape index (κ3) is 3.69. The van der Waals surface area contributed by atoms with Crippen LogP contribution in [-0.2, 0) is 14.8 Å². The molecule has 0 fully saturated rings. The van der Waals surface area contributed by atoms with Crippen molar-refractivity contribution in [2.45, 2.75) is 24.3 Å². The summed E-state index contributed by atoms with van der Waals surface area (Å²) in [7, 11) is -3.94. The van der Waals surface area contributed by atoms with Crippen LogP contribution in [0.5, 0.6) is 5.75 Å². The summed E-state index contributed by atoms with van der Waals surface area (Å²) in [4.78, 5) is 10.9. The minimum absolute atomic E-state index is 0.00588. The van der Waals surface area contributed by atoms with Gasteiger partial charge in [-0.05, 0) is 24.6 Å². The van der Waals surface area contributed by atoms with Crippen molar-refractivity contribution in [3.05, 3.63) is 22.7 Å². The number of amides is 1. The average Bonchev–Trinajstić information content (AvgIpc) is 2.25. The lowest BCUT2D eigenvalue weighted by atomic mass is 10.2. The predicted octanol–water partition coefficient (Wildman–Crippen LogP) is 0.739. The molecule has 6 nitrogen and oxygen atoms in total. The molecule has 100 valence electrons. The Morgan fingerprint density at radius 1 is 1.50 bits per heavy atom. The van der Waals surface area contributed by atoms with Gasteiger partial charge in [-0.25, -0.2) is 13.6 Å². The van der Waals surface area contributed by atoms with Crippen molar-refractivity contribution in [2.75, 3.05) is 0 Å². The number of rotatable bonds is 5. The van der Waals surface area contributed by atoms with Gasteiger partial charge in [0.2, 0.25) is 10.0 Å². The highest BCUT2D eigenvalue weighted by Crippen LogP contribution is 2.27. The van der Waals surface area contributed by atoms with Crippen molar-refractivity contribution in [3.63, 3.8) is 0 Å². The van der Waals surface area contributed by atoms with Crippen LogP contribution in [-0.4, -0.2) is 20.4 Å². The summed E-state index contributed by atoms with van der Waals surface area (Å²) in [6.07, 6.45) is -0.568. The van der Waals surface area contributed by atoms with Gasteiger partial charge in [-0.1, -0.05) is 22.9 Å². The lowest BCUT2D eigenvalue weighted by Crippen LogP contribution is -2.33. The number of primary amides is 1. The zero-order valence-electron chi connectivity index (χ0n) is 9.59. The second kappa shape index (κ2) is 5.68. The van der Waals surface area contributed by atoms with Crippen LogP contribution in [0.1, 0.15) is 13.3 Å². The standard InChI is InChI=1S/C10H13BrN2O4S/c1-2-7(10(12)14)17-8-4-3-6(11)5-9(8)18(13,15)16/h3-5,7H,2H2,1H3,(H2,12,14)(H2,13,15,16). The Hall–Kier alpha value is -1.12. The van der Waals surface area contributed by atoms with Gasteiger partial charge in [-0.15, -0.1) is 0 Å². The number of sulfonamides is 1. The van der Waals surface area contributed by atoms with Crippen LogP contribution >= 0.6 is 15.9 Å². The molecule has 0 saturated carbocycles. The average molecular weight is 337 g/mol. The van der Waals surface area contributed by atoms with Crippen molar-refractivity contribution in [2.24, 2.45) is 10.9 Å². The largest absolute Gasteiger partial charge is 0.479 e. The minimum Gasteiger partial charge on any atom is -0.479 e. The van der Waals surface area contributed by atoms with Crippen LogP contribution in [0, 0.1) is 0 Å². The molecule has 18 heavy (non-hydrogen) atoms. The molecule has 0 radical (unpaired) electrons. The Morgan fingerprint density at radius 2 is 2.11 bits per heavy atom. The topological polar surface area (TPSA) is 112 Å². The van der Waals surface area contributed by atoms with E-state index in [0.717, 1.165) is 0 Å². The van der Waals surface area contributed by atoms with E-state index in [1.807, 2.05) is 0 Å². The van der Waals surface area contributed by atoms with Crippen molar-refractivity contribution in [1.29, 1.82) is 0 Å². The van der Waals surface area contributed by atoms with Crippen molar-refractivity contribution >= 4 is 31.9 Å². The number of carbonyl (C=O) groups is 1. The molecule has 1 atom stereocenters. The van der Waals surface area contributed by atoms with Crippen LogP contribution in [0.15, 0.2) is 27.6 Å². The number of carbonyl (C=O) groups excluding carboxylic acids is 1. The van der Waals surface area contributed by atoms with Gasteiger partial charge in [0.05, 0.1) is 0 Å². The first kappa shape index (κ1) is 14.9. The highest BCUT2D eigenvalue weighted by molar-refractivity contribution is 9.10. The molecule has 1 unspecified atom stereocenters. The minimum atomic E-state index is -3.94. The van der Waals surface area contributed by atoms with Crippen LogP contribution in [0.2, 0.25) is 0 Å². The molecule has 4 N–H and O–H groups in total. The first-order chi connectivity index (χ1) is 8.25. The van der Waals surface area contributed by atoms with Gasteiger partial charge in [0.1, 0.15) is 10.6 Å². The molecular formula is C10H13BrN2O4S. The van der Waals surface area contributed by atoms with Crippen LogP contribution in [0.4, 0.5) is 0 Å². The monoisotopic (exact) mass is 336 g/mol. The SMILES string of the molecule is CCC(Oc1ccc(Br)cc1S(N)(=O)=O)C(N)=O. The quantitative estimate of drug-likeness (QED) is 0.825. The second-order valence-electron chi connectivity index (χ2n) is 3.55. The summed E-state index contributed by atoms with van der Waals surface area (Å²) in [5.74, 6) is -0.660. The predicted molar refractivity (Wildman–Crippen MR) is 69.4 cm³/mol. The van der Waals surface area contributed by atoms with Crippen molar-refractivity contribution in [1.82, 2.24) is 0 Å². The van der Waals surface area contributed by atoms with Gasteiger partial charge in [-0.2, -0.15) is 0 Å². The lowest BCUT2D eigenvalue weighted by Gasteiger charge is -2.16. The molecule has 0 spiro atoms. The number of hydrogen-bond acceptors (Lipinski definition) is 4. The molecule has 1 rings (SSSR count). The molecule has 0 heterocycles. The van der Waals surface area contributed by atoms with E-state index in [4.69, 9.17) is 15.6 Å². The molecular weight excluding hydrogens is 324 g/mol. The van der Waals surface area contributed by atoms with Gasteiger partial charge < -0.3 is 10.5 Å². The molecule has 0 bridgehead atoms. The lowest BCUT2D eigenvalue weighted by molar-refractivity contribution is -0.124. The number of benzene rings is 1. The fourth-order valence-electron chi connectivity index (χ4n) is 1.30. The maximum atomic E-state index is 11.4. The normalized spacial score (nSPS) is 13.1. The van der Waals surface area contributed by atoms with Crippen LogP contribution in [0.3, 0.4) is 0 Å². The van der Waals surface area contributed by atoms with E-state index in [2.05, 4.69) is 15.9 Å². The third-order valence-corrected chi connectivity index (χ3v) is 3.59. The molecule has 0 aromatic heterocycles. The first-order valence-corrected chi connectivity index (χ1v) is 7.38. The van der Waals surface area contributed by atoms with E-state index in [1.165, 1.54) is 12.1 Å². The molecule has 0 aliphatic carbocycles. The molecule has 0 aliphatic heterocycles. The molecule has 1 aromatic rings. The number of primary sulfonamides is 1. The Kier molecular flexibility index (Phi) is 4.71. The number of hydrogen-bond donors (Lipinski definition) is 2. The Morgan fingerprint density at radius 3 is 2.56 bits per heavy atom. The molecule has 0 aliphatic rings. The zero-order valence-corrected chi connectivity index (χ0v) is 12.0. The van der Waals surface area contributed by atoms with E-state index in [0.29, 0.717) is 10.9 Å². The summed E-state index contributed by atoms with van der Waals surface area (Å²) >= 11 is 3.13. The molecule has 8 heteroatoms. The maximum absolute atomic E-state index is 11.4.